The third-order valence-electron chi connectivity index (χ3n) is 7.19. The van der Waals surface area contributed by atoms with Crippen LogP contribution < -0.4 is 10.2 Å². The third-order valence-corrected chi connectivity index (χ3v) is 7.19. The Hall–Kier alpha value is -3.91. The van der Waals surface area contributed by atoms with E-state index < -0.39 is 6.23 Å². The normalized spacial score (nSPS) is 15.3. The summed E-state index contributed by atoms with van der Waals surface area (Å²) in [6, 6.07) is 14.6. The van der Waals surface area contributed by atoms with Crippen molar-refractivity contribution in [3.05, 3.63) is 54.9 Å². The number of hydrogen-bond acceptors (Lipinski definition) is 6. The fourth-order valence-electron chi connectivity index (χ4n) is 5.39. The Morgan fingerprint density at radius 2 is 1.84 bits per heavy atom. The Bertz CT molecular complexity index is 1570. The molecule has 0 aliphatic carbocycles. The molecule has 1 fully saturated rings. The molecular weight excluding hydrogens is 474 g/mol. The molecule has 1 unspecified atom stereocenters. The van der Waals surface area contributed by atoms with E-state index in [1.807, 2.05) is 18.3 Å². The molecule has 4 N–H and O–H groups in total. The van der Waals surface area contributed by atoms with Crippen LogP contribution >= 0.6 is 0 Å². The molecule has 0 saturated carbocycles. The van der Waals surface area contributed by atoms with Gasteiger partial charge in [0.25, 0.3) is 0 Å². The average molecular weight is 510 g/mol. The number of piperidine rings is 1. The van der Waals surface area contributed by atoms with Gasteiger partial charge in [-0.25, -0.2) is 4.98 Å². The van der Waals surface area contributed by atoms with E-state index in [1.54, 1.807) is 6.20 Å². The molecule has 6 rings (SSSR count). The smallest absolute Gasteiger partial charge is 0.159 e. The summed E-state index contributed by atoms with van der Waals surface area (Å²) in [5.74, 6) is 0.756. The highest BCUT2D eigenvalue weighted by atomic mass is 16.3. The molecule has 0 amide bonds. The third kappa shape index (κ3) is 4.96. The number of aliphatic hydroxyl groups excluding tert-OH is 1. The topological polar surface area (TPSA) is 106 Å². The zero-order chi connectivity index (χ0) is 26.3. The first-order chi connectivity index (χ1) is 18.3. The van der Waals surface area contributed by atoms with Gasteiger partial charge in [-0.15, -0.1) is 0 Å². The fraction of sp³-hybridized carbons (Fsp3) is 0.367. The minimum Gasteiger partial charge on any atom is -0.374 e. The van der Waals surface area contributed by atoms with E-state index in [0.29, 0.717) is 6.42 Å². The number of H-pyrrole nitrogens is 2. The van der Waals surface area contributed by atoms with Crippen LogP contribution in [0.25, 0.3) is 44.6 Å². The minimum absolute atomic E-state index is 0.0192. The molecule has 1 atom stereocenters. The largest absolute Gasteiger partial charge is 0.374 e. The number of aromatic nitrogens is 5. The Morgan fingerprint density at radius 1 is 1.00 bits per heavy atom. The molecule has 0 bridgehead atoms. The maximum absolute atomic E-state index is 10.5. The number of benzene rings is 2. The van der Waals surface area contributed by atoms with Crippen LogP contribution in [0.4, 0.5) is 11.4 Å². The molecule has 4 heterocycles. The van der Waals surface area contributed by atoms with Crippen molar-refractivity contribution < 1.29 is 5.11 Å². The highest BCUT2D eigenvalue weighted by Crippen LogP contribution is 2.34. The predicted octanol–water partition coefficient (Wildman–Crippen LogP) is 6.33. The lowest BCUT2D eigenvalue weighted by atomic mass is 9.91. The van der Waals surface area contributed by atoms with E-state index in [2.05, 4.69) is 81.5 Å². The maximum atomic E-state index is 10.5. The summed E-state index contributed by atoms with van der Waals surface area (Å²) < 4.78 is 0. The summed E-state index contributed by atoms with van der Waals surface area (Å²) in [5.41, 5.74) is 7.74. The number of hydrogen-bond donors (Lipinski definition) is 4. The molecule has 1 saturated heterocycles. The van der Waals surface area contributed by atoms with Gasteiger partial charge < -0.3 is 20.3 Å². The number of nitrogens with one attached hydrogen (secondary N) is 3. The molecule has 1 aliphatic rings. The molecule has 5 aromatic rings. The summed E-state index contributed by atoms with van der Waals surface area (Å²) in [4.78, 5) is 15.4. The second kappa shape index (κ2) is 9.76. The lowest BCUT2D eigenvalue weighted by Crippen LogP contribution is -2.29. The van der Waals surface area contributed by atoms with Gasteiger partial charge in [0.05, 0.1) is 28.6 Å². The van der Waals surface area contributed by atoms with Gasteiger partial charge in [0.2, 0.25) is 0 Å². The molecule has 3 aromatic heterocycles. The van der Waals surface area contributed by atoms with Crippen LogP contribution in [-0.4, -0.2) is 49.6 Å². The van der Waals surface area contributed by atoms with Crippen molar-refractivity contribution in [2.45, 2.75) is 52.7 Å². The van der Waals surface area contributed by atoms with Gasteiger partial charge in [0, 0.05) is 30.2 Å². The van der Waals surface area contributed by atoms with Crippen LogP contribution in [0.5, 0.6) is 0 Å². The Kier molecular flexibility index (Phi) is 6.27. The van der Waals surface area contributed by atoms with Crippen LogP contribution in [0.15, 0.2) is 54.9 Å². The molecule has 8 nitrogen and oxygen atoms in total. The lowest BCUT2D eigenvalue weighted by molar-refractivity contribution is 0.145. The second-order valence-corrected chi connectivity index (χ2v) is 11.5. The zero-order valence-corrected chi connectivity index (χ0v) is 22.3. The second-order valence-electron chi connectivity index (χ2n) is 11.5. The number of aromatic amines is 2. The standard InChI is InChI=1S/C30H35N7O/c1-30(2,3)16-26(38)32-21-14-20(17-31-18-21)19-10-11-23-22(15-19)27(36-35-23)29-33-24-8-7-9-25(28(24)34-29)37-12-5-4-6-13-37/h7-11,14-15,17-18,26,32,38H,4-6,12-13,16H2,1-3H3,(H,33,34)(H,35,36). The van der Waals surface area contributed by atoms with Crippen molar-refractivity contribution in [2.24, 2.45) is 5.41 Å². The number of rotatable bonds is 6. The molecule has 1 aliphatic heterocycles. The molecule has 196 valence electrons. The summed E-state index contributed by atoms with van der Waals surface area (Å²) in [6.07, 6.45) is 7.32. The van der Waals surface area contributed by atoms with Gasteiger partial charge in [-0.3, -0.25) is 10.1 Å². The highest BCUT2D eigenvalue weighted by Gasteiger charge is 2.19. The number of fused-ring (bicyclic) bond motifs is 2. The lowest BCUT2D eigenvalue weighted by Gasteiger charge is -2.28. The number of nitrogens with zero attached hydrogens (tertiary/aromatic N) is 4. The number of pyridine rings is 1. The van der Waals surface area contributed by atoms with Gasteiger partial charge in [-0.1, -0.05) is 32.9 Å². The summed E-state index contributed by atoms with van der Waals surface area (Å²) in [6.45, 7) is 8.48. The van der Waals surface area contributed by atoms with Crippen molar-refractivity contribution in [3.63, 3.8) is 0 Å². The first kappa shape index (κ1) is 24.4. The molecule has 0 radical (unpaired) electrons. The van der Waals surface area contributed by atoms with Crippen LogP contribution in [-0.2, 0) is 0 Å². The van der Waals surface area contributed by atoms with Gasteiger partial charge in [0.1, 0.15) is 17.4 Å². The first-order valence-corrected chi connectivity index (χ1v) is 13.5. The Morgan fingerprint density at radius 3 is 2.66 bits per heavy atom. The van der Waals surface area contributed by atoms with E-state index in [4.69, 9.17) is 4.98 Å². The molecule has 0 spiro atoms. The van der Waals surface area contributed by atoms with Crippen molar-refractivity contribution in [1.29, 1.82) is 0 Å². The minimum atomic E-state index is -0.641. The molecular formula is C30H35N7O. The van der Waals surface area contributed by atoms with E-state index in [1.165, 1.54) is 24.9 Å². The van der Waals surface area contributed by atoms with Gasteiger partial charge in [-0.2, -0.15) is 5.10 Å². The fourth-order valence-corrected chi connectivity index (χ4v) is 5.39. The van der Waals surface area contributed by atoms with Crippen LogP contribution in [0.3, 0.4) is 0 Å². The van der Waals surface area contributed by atoms with E-state index in [-0.39, 0.29) is 5.41 Å². The Labute approximate surface area is 222 Å². The number of para-hydroxylation sites is 1. The van der Waals surface area contributed by atoms with E-state index in [0.717, 1.165) is 63.4 Å². The van der Waals surface area contributed by atoms with Crippen LogP contribution in [0, 0.1) is 5.41 Å². The zero-order valence-electron chi connectivity index (χ0n) is 22.3. The molecule has 2 aromatic carbocycles. The van der Waals surface area contributed by atoms with Crippen LogP contribution in [0.1, 0.15) is 46.5 Å². The summed E-state index contributed by atoms with van der Waals surface area (Å²) in [5, 5.41) is 22.4. The monoisotopic (exact) mass is 509 g/mol. The number of anilines is 2. The van der Waals surface area contributed by atoms with Gasteiger partial charge >= 0.3 is 0 Å². The average Bonchev–Trinajstić information content (AvgIpc) is 3.51. The summed E-state index contributed by atoms with van der Waals surface area (Å²) in [7, 11) is 0. The maximum Gasteiger partial charge on any atom is 0.159 e. The predicted molar refractivity (Wildman–Crippen MR) is 154 cm³/mol. The highest BCUT2D eigenvalue weighted by molar-refractivity contribution is 5.97. The Balaban J connectivity index is 1.33. The van der Waals surface area contributed by atoms with Crippen molar-refractivity contribution >= 4 is 33.3 Å². The van der Waals surface area contributed by atoms with Gasteiger partial charge in [0.15, 0.2) is 5.82 Å². The molecule has 38 heavy (non-hydrogen) atoms. The van der Waals surface area contributed by atoms with E-state index >= 15 is 0 Å². The van der Waals surface area contributed by atoms with Gasteiger partial charge in [-0.05, 0) is 67.0 Å². The van der Waals surface area contributed by atoms with E-state index in [9.17, 15) is 5.11 Å². The number of aliphatic hydroxyl groups is 1. The SMILES string of the molecule is CC(C)(C)CC(O)Nc1cncc(-c2ccc3[nH]nc(-c4nc5c(N6CCCCC6)cccc5[nH]4)c3c2)c1. The van der Waals surface area contributed by atoms with Crippen molar-refractivity contribution in [2.75, 3.05) is 23.3 Å². The van der Waals surface area contributed by atoms with Crippen molar-refractivity contribution in [1.82, 2.24) is 25.1 Å². The first-order valence-electron chi connectivity index (χ1n) is 13.5. The van der Waals surface area contributed by atoms with Crippen LogP contribution in [0.2, 0.25) is 0 Å². The number of imidazole rings is 1. The van der Waals surface area contributed by atoms with Crippen molar-refractivity contribution in [3.8, 4) is 22.6 Å². The summed E-state index contributed by atoms with van der Waals surface area (Å²) >= 11 is 0. The quantitative estimate of drug-likeness (QED) is 0.200. The molecule has 8 heteroatoms.